The van der Waals surface area contributed by atoms with E-state index in [2.05, 4.69) is 5.10 Å². The molecular formula is C21H26N4O4. The first-order chi connectivity index (χ1) is 13.8. The van der Waals surface area contributed by atoms with Gasteiger partial charge in [-0.3, -0.25) is 14.4 Å². The van der Waals surface area contributed by atoms with Gasteiger partial charge in [0.05, 0.1) is 42.9 Å². The monoisotopic (exact) mass is 398 g/mol. The van der Waals surface area contributed by atoms with E-state index in [0.29, 0.717) is 31.0 Å². The quantitative estimate of drug-likeness (QED) is 0.853. The number of anilines is 2. The molecule has 2 aliphatic rings. The van der Waals surface area contributed by atoms with Gasteiger partial charge in [0.2, 0.25) is 5.91 Å². The molecule has 29 heavy (non-hydrogen) atoms. The van der Waals surface area contributed by atoms with Crippen molar-refractivity contribution >= 4 is 23.4 Å². The van der Waals surface area contributed by atoms with Crippen LogP contribution in [0.5, 0.6) is 0 Å². The van der Waals surface area contributed by atoms with E-state index < -0.39 is 6.09 Å². The van der Waals surface area contributed by atoms with Crippen LogP contribution < -0.4 is 9.80 Å². The third-order valence-electron chi connectivity index (χ3n) is 5.43. The minimum atomic E-state index is -1.02. The number of carbonyl (C=O) groups excluding carboxylic acids is 1. The molecule has 8 nitrogen and oxygen atoms in total. The molecule has 0 unspecified atom stereocenters. The van der Waals surface area contributed by atoms with E-state index in [1.807, 2.05) is 49.8 Å². The predicted octanol–water partition coefficient (Wildman–Crippen LogP) is 3.39. The molecular weight excluding hydrogens is 372 g/mol. The van der Waals surface area contributed by atoms with Crippen molar-refractivity contribution in [2.45, 2.75) is 39.3 Å². The van der Waals surface area contributed by atoms with Crippen molar-refractivity contribution in [3.05, 3.63) is 30.6 Å². The lowest BCUT2D eigenvalue weighted by atomic mass is 10.0. The molecule has 0 saturated carbocycles. The first kappa shape index (κ1) is 19.4. The summed E-state index contributed by atoms with van der Waals surface area (Å²) < 4.78 is 7.10. The van der Waals surface area contributed by atoms with E-state index in [-0.39, 0.29) is 30.5 Å². The highest BCUT2D eigenvalue weighted by Gasteiger charge is 2.35. The fourth-order valence-corrected chi connectivity index (χ4v) is 3.88. The van der Waals surface area contributed by atoms with E-state index in [4.69, 9.17) is 4.74 Å². The number of rotatable bonds is 4. The molecule has 4 rings (SSSR count). The van der Waals surface area contributed by atoms with Gasteiger partial charge in [-0.15, -0.1) is 0 Å². The second kappa shape index (κ2) is 7.51. The number of benzene rings is 1. The van der Waals surface area contributed by atoms with Crippen molar-refractivity contribution in [1.29, 1.82) is 0 Å². The summed E-state index contributed by atoms with van der Waals surface area (Å²) >= 11 is 0. The van der Waals surface area contributed by atoms with E-state index in [1.54, 1.807) is 11.1 Å². The molecule has 0 spiro atoms. The zero-order chi connectivity index (χ0) is 20.7. The highest BCUT2D eigenvalue weighted by molar-refractivity contribution is 6.03. The van der Waals surface area contributed by atoms with Crippen molar-refractivity contribution in [3.8, 4) is 11.1 Å². The molecule has 1 fully saturated rings. The summed E-state index contributed by atoms with van der Waals surface area (Å²) in [4.78, 5) is 27.8. The maximum Gasteiger partial charge on any atom is 0.411 e. The number of carbonyl (C=O) groups is 2. The Balaban J connectivity index is 1.72. The van der Waals surface area contributed by atoms with Crippen LogP contribution in [0.4, 0.5) is 16.2 Å². The lowest BCUT2D eigenvalue weighted by Crippen LogP contribution is -2.51. The number of fused-ring (bicyclic) bond motifs is 1. The van der Waals surface area contributed by atoms with Crippen LogP contribution in [0, 0.1) is 5.92 Å². The number of hydrogen-bond acceptors (Lipinski definition) is 4. The van der Waals surface area contributed by atoms with Crippen LogP contribution in [-0.4, -0.2) is 52.7 Å². The van der Waals surface area contributed by atoms with Gasteiger partial charge in [-0.1, -0.05) is 19.9 Å². The molecule has 0 aliphatic carbocycles. The van der Waals surface area contributed by atoms with E-state index >= 15 is 0 Å². The molecule has 2 amide bonds. The second-order valence-corrected chi connectivity index (χ2v) is 8.21. The summed E-state index contributed by atoms with van der Waals surface area (Å²) in [6.07, 6.45) is 3.13. The molecule has 0 bridgehead atoms. The summed E-state index contributed by atoms with van der Waals surface area (Å²) in [6, 6.07) is 5.63. The highest BCUT2D eigenvalue weighted by atomic mass is 16.5. The van der Waals surface area contributed by atoms with Gasteiger partial charge in [-0.25, -0.2) is 4.79 Å². The Morgan fingerprint density at radius 2 is 2.00 bits per heavy atom. The molecule has 1 aromatic carbocycles. The lowest BCUT2D eigenvalue weighted by Gasteiger charge is -2.40. The van der Waals surface area contributed by atoms with Crippen LogP contribution in [0.1, 0.15) is 33.2 Å². The summed E-state index contributed by atoms with van der Waals surface area (Å²) in [5.74, 6) is 0.251. The van der Waals surface area contributed by atoms with Crippen molar-refractivity contribution in [3.63, 3.8) is 0 Å². The summed E-state index contributed by atoms with van der Waals surface area (Å²) in [5, 5.41) is 14.2. The van der Waals surface area contributed by atoms with Gasteiger partial charge in [0, 0.05) is 24.7 Å². The average Bonchev–Trinajstić information content (AvgIpc) is 3.07. The van der Waals surface area contributed by atoms with Crippen LogP contribution in [0.25, 0.3) is 11.1 Å². The number of carboxylic acid groups (broad SMARTS) is 1. The van der Waals surface area contributed by atoms with E-state index in [9.17, 15) is 14.7 Å². The maximum absolute atomic E-state index is 12.9. The van der Waals surface area contributed by atoms with Crippen LogP contribution in [0.15, 0.2) is 30.6 Å². The van der Waals surface area contributed by atoms with Gasteiger partial charge in [-0.2, -0.15) is 5.10 Å². The second-order valence-electron chi connectivity index (χ2n) is 8.21. The number of ether oxygens (including phenoxy) is 1. The van der Waals surface area contributed by atoms with Gasteiger partial charge in [0.15, 0.2) is 0 Å². The lowest BCUT2D eigenvalue weighted by molar-refractivity contribution is -0.119. The summed E-state index contributed by atoms with van der Waals surface area (Å²) in [5.41, 5.74) is 2.95. The Morgan fingerprint density at radius 3 is 2.62 bits per heavy atom. The smallest absolute Gasteiger partial charge is 0.411 e. The van der Waals surface area contributed by atoms with Crippen molar-refractivity contribution in [2.24, 2.45) is 5.92 Å². The summed E-state index contributed by atoms with van der Waals surface area (Å²) in [7, 11) is 0. The number of amides is 2. The number of hydrogen-bond donors (Lipinski definition) is 1. The molecule has 1 N–H and O–H groups in total. The molecule has 154 valence electrons. The van der Waals surface area contributed by atoms with Gasteiger partial charge < -0.3 is 14.7 Å². The van der Waals surface area contributed by atoms with Crippen LogP contribution >= 0.6 is 0 Å². The van der Waals surface area contributed by atoms with Gasteiger partial charge in [0.25, 0.3) is 0 Å². The number of nitrogens with zero attached hydrogens (tertiary/aromatic N) is 4. The van der Waals surface area contributed by atoms with Gasteiger partial charge in [-0.05, 0) is 30.5 Å². The molecule has 8 heteroatoms. The standard InChI is InChI=1S/C21H26N4O4/c1-13(2)6-20(26)25-14(3)9-23(21(27)28)19-7-15(4-5-18(19)25)16-8-22-24(10-16)17-11-29-12-17/h4-5,7-8,10,13-14,17H,6,9,11-12H2,1-3H3,(H,27,28)/t14-/m0/s1. The Hall–Kier alpha value is -2.87. The molecule has 0 radical (unpaired) electrons. The number of aromatic nitrogens is 2. The average molecular weight is 398 g/mol. The molecule has 2 aromatic rings. The Bertz CT molecular complexity index is 935. The minimum absolute atomic E-state index is 0.0179. The fraction of sp³-hybridized carbons (Fsp3) is 0.476. The minimum Gasteiger partial charge on any atom is -0.465 e. The van der Waals surface area contributed by atoms with Gasteiger partial charge >= 0.3 is 6.09 Å². The maximum atomic E-state index is 12.9. The molecule has 1 atom stereocenters. The van der Waals surface area contributed by atoms with Gasteiger partial charge in [0.1, 0.15) is 0 Å². The van der Waals surface area contributed by atoms with Crippen molar-refractivity contribution < 1.29 is 19.4 Å². The largest absolute Gasteiger partial charge is 0.465 e. The fourth-order valence-electron chi connectivity index (χ4n) is 3.88. The predicted molar refractivity (Wildman–Crippen MR) is 109 cm³/mol. The first-order valence-corrected chi connectivity index (χ1v) is 9.94. The molecule has 3 heterocycles. The topological polar surface area (TPSA) is 87.9 Å². The summed E-state index contributed by atoms with van der Waals surface area (Å²) in [6.45, 7) is 7.45. The molecule has 2 aliphatic heterocycles. The Labute approximate surface area is 169 Å². The van der Waals surface area contributed by atoms with Crippen LogP contribution in [0.3, 0.4) is 0 Å². The zero-order valence-corrected chi connectivity index (χ0v) is 16.9. The van der Waals surface area contributed by atoms with Crippen LogP contribution in [-0.2, 0) is 9.53 Å². The SMILES string of the molecule is CC(C)CC(=O)N1c2ccc(-c3cnn(C4COC4)c3)cc2N(C(=O)O)C[C@@H]1C. The van der Waals surface area contributed by atoms with Crippen LogP contribution in [0.2, 0.25) is 0 Å². The normalized spacial score (nSPS) is 19.2. The Morgan fingerprint density at radius 1 is 1.24 bits per heavy atom. The third-order valence-corrected chi connectivity index (χ3v) is 5.43. The van der Waals surface area contributed by atoms with Crippen molar-refractivity contribution in [1.82, 2.24) is 9.78 Å². The first-order valence-electron chi connectivity index (χ1n) is 9.94. The third kappa shape index (κ3) is 3.60. The highest BCUT2D eigenvalue weighted by Crippen LogP contribution is 2.39. The van der Waals surface area contributed by atoms with E-state index in [0.717, 1.165) is 11.1 Å². The van der Waals surface area contributed by atoms with E-state index in [1.165, 1.54) is 4.90 Å². The molecule has 1 saturated heterocycles. The zero-order valence-electron chi connectivity index (χ0n) is 16.9. The molecule has 1 aromatic heterocycles. The van der Waals surface area contributed by atoms with Crippen molar-refractivity contribution in [2.75, 3.05) is 29.6 Å². The Kier molecular flexibility index (Phi) is 5.04.